The molecular formula is C15H20N2OS. The summed E-state index contributed by atoms with van der Waals surface area (Å²) in [4.78, 5) is 1.22. The van der Waals surface area contributed by atoms with Gasteiger partial charge in [-0.1, -0.05) is 13.0 Å². The minimum atomic E-state index is -0.314. The Kier molecular flexibility index (Phi) is 4.73. The lowest BCUT2D eigenvalue weighted by molar-refractivity contribution is 0.413. The normalized spacial score (nSPS) is 26.1. The van der Waals surface area contributed by atoms with Crippen LogP contribution in [-0.2, 0) is 0 Å². The summed E-state index contributed by atoms with van der Waals surface area (Å²) in [7, 11) is 1.69. The molecule has 1 fully saturated rings. The predicted octanol–water partition coefficient (Wildman–Crippen LogP) is 3.21. The van der Waals surface area contributed by atoms with Crippen LogP contribution in [0.4, 0.5) is 0 Å². The highest BCUT2D eigenvalue weighted by Crippen LogP contribution is 2.40. The highest BCUT2D eigenvalue weighted by Gasteiger charge is 2.39. The number of hydrogen-bond donors (Lipinski definition) is 1. The molecule has 2 rings (SSSR count). The second-order valence-electron chi connectivity index (χ2n) is 4.89. The van der Waals surface area contributed by atoms with Gasteiger partial charge in [0, 0.05) is 10.1 Å². The highest BCUT2D eigenvalue weighted by molar-refractivity contribution is 8.00. The van der Waals surface area contributed by atoms with Gasteiger partial charge in [0.15, 0.2) is 0 Å². The third-order valence-electron chi connectivity index (χ3n) is 3.54. The van der Waals surface area contributed by atoms with Crippen LogP contribution in [0.15, 0.2) is 29.2 Å². The van der Waals surface area contributed by atoms with Gasteiger partial charge in [-0.25, -0.2) is 0 Å². The van der Waals surface area contributed by atoms with Crippen molar-refractivity contribution in [3.63, 3.8) is 0 Å². The maximum absolute atomic E-state index is 9.37. The molecule has 0 aromatic heterocycles. The van der Waals surface area contributed by atoms with E-state index in [1.807, 2.05) is 23.9 Å². The summed E-state index contributed by atoms with van der Waals surface area (Å²) in [6.07, 6.45) is 2.95. The lowest BCUT2D eigenvalue weighted by Crippen LogP contribution is -2.41. The molecule has 0 amide bonds. The second kappa shape index (κ2) is 6.31. The van der Waals surface area contributed by atoms with Crippen LogP contribution in [0.25, 0.3) is 0 Å². The number of benzene rings is 1. The molecule has 3 nitrogen and oxygen atoms in total. The highest BCUT2D eigenvalue weighted by atomic mass is 32.2. The monoisotopic (exact) mass is 276 g/mol. The largest absolute Gasteiger partial charge is 0.497 e. The Morgan fingerprint density at radius 1 is 1.58 bits per heavy atom. The molecule has 0 spiro atoms. The van der Waals surface area contributed by atoms with E-state index in [-0.39, 0.29) is 5.54 Å². The average Bonchev–Trinajstić information content (AvgIpc) is 2.83. The third kappa shape index (κ3) is 3.43. The molecule has 1 aliphatic rings. The fraction of sp³-hybridized carbons (Fsp3) is 0.533. The number of thioether (sulfide) groups is 1. The van der Waals surface area contributed by atoms with Crippen molar-refractivity contribution in [3.05, 3.63) is 24.3 Å². The molecule has 0 bridgehead atoms. The van der Waals surface area contributed by atoms with E-state index in [1.165, 1.54) is 4.90 Å². The maximum Gasteiger partial charge on any atom is 0.119 e. The van der Waals surface area contributed by atoms with Crippen molar-refractivity contribution in [2.75, 3.05) is 13.7 Å². The lowest BCUT2D eigenvalue weighted by Gasteiger charge is -2.21. The standard InChI is InChI=1S/C15H20N2OS/c1-3-17-15(11-16)8-7-14(10-15)19-13-6-4-5-12(9-13)18-2/h4-6,9,14,17H,3,7-8,10H2,1-2H3. The summed E-state index contributed by atoms with van der Waals surface area (Å²) in [6.45, 7) is 2.91. The molecule has 1 aromatic rings. The molecule has 102 valence electrons. The van der Waals surface area contributed by atoms with E-state index >= 15 is 0 Å². The molecule has 19 heavy (non-hydrogen) atoms. The Morgan fingerprint density at radius 2 is 2.42 bits per heavy atom. The lowest BCUT2D eigenvalue weighted by atomic mass is 10.0. The average molecular weight is 276 g/mol. The van der Waals surface area contributed by atoms with Crippen LogP contribution in [-0.4, -0.2) is 24.4 Å². The fourth-order valence-electron chi connectivity index (χ4n) is 2.61. The Hall–Kier alpha value is -1.18. The Labute approximate surface area is 119 Å². The number of rotatable bonds is 5. The fourth-order valence-corrected chi connectivity index (χ4v) is 3.94. The first kappa shape index (κ1) is 14.2. The Morgan fingerprint density at radius 3 is 3.11 bits per heavy atom. The summed E-state index contributed by atoms with van der Waals surface area (Å²) >= 11 is 1.85. The van der Waals surface area contributed by atoms with Gasteiger partial charge in [-0.2, -0.15) is 5.26 Å². The summed E-state index contributed by atoms with van der Waals surface area (Å²) in [5, 5.41) is 13.2. The zero-order chi connectivity index (χ0) is 13.7. The summed E-state index contributed by atoms with van der Waals surface area (Å²) in [5.41, 5.74) is -0.314. The quantitative estimate of drug-likeness (QED) is 0.897. The van der Waals surface area contributed by atoms with Crippen molar-refractivity contribution in [1.82, 2.24) is 5.32 Å². The molecule has 2 atom stereocenters. The van der Waals surface area contributed by atoms with Gasteiger partial charge in [0.2, 0.25) is 0 Å². The first-order valence-corrected chi connectivity index (χ1v) is 7.56. The van der Waals surface area contributed by atoms with E-state index in [2.05, 4.69) is 30.4 Å². The number of methoxy groups -OCH3 is 1. The van der Waals surface area contributed by atoms with Gasteiger partial charge in [0.1, 0.15) is 11.3 Å². The summed E-state index contributed by atoms with van der Waals surface area (Å²) in [6, 6.07) is 10.6. The van der Waals surface area contributed by atoms with Gasteiger partial charge in [-0.05, 0) is 44.0 Å². The Bertz CT molecular complexity index is 471. The minimum absolute atomic E-state index is 0.314. The number of nitrogens with one attached hydrogen (secondary N) is 1. The van der Waals surface area contributed by atoms with Crippen molar-refractivity contribution in [2.45, 2.75) is 41.9 Å². The van der Waals surface area contributed by atoms with Crippen LogP contribution < -0.4 is 10.1 Å². The van der Waals surface area contributed by atoms with Crippen LogP contribution in [0.5, 0.6) is 5.75 Å². The van der Waals surface area contributed by atoms with Crippen LogP contribution in [0.1, 0.15) is 26.2 Å². The molecule has 1 saturated carbocycles. The third-order valence-corrected chi connectivity index (χ3v) is 4.80. The van der Waals surface area contributed by atoms with E-state index in [9.17, 15) is 5.26 Å². The van der Waals surface area contributed by atoms with E-state index in [1.54, 1.807) is 7.11 Å². The second-order valence-corrected chi connectivity index (χ2v) is 6.26. The minimum Gasteiger partial charge on any atom is -0.497 e. The molecule has 0 heterocycles. The van der Waals surface area contributed by atoms with Crippen LogP contribution in [0.2, 0.25) is 0 Å². The van der Waals surface area contributed by atoms with Gasteiger partial charge in [-0.3, -0.25) is 5.32 Å². The first-order valence-electron chi connectivity index (χ1n) is 6.68. The molecule has 0 saturated heterocycles. The van der Waals surface area contributed by atoms with E-state index in [0.717, 1.165) is 31.6 Å². The number of ether oxygens (including phenoxy) is 1. The van der Waals surface area contributed by atoms with Crippen molar-refractivity contribution < 1.29 is 4.74 Å². The van der Waals surface area contributed by atoms with Crippen molar-refractivity contribution in [1.29, 1.82) is 5.26 Å². The zero-order valence-electron chi connectivity index (χ0n) is 11.5. The zero-order valence-corrected chi connectivity index (χ0v) is 12.3. The van der Waals surface area contributed by atoms with Gasteiger partial charge >= 0.3 is 0 Å². The van der Waals surface area contributed by atoms with Crippen LogP contribution in [0, 0.1) is 11.3 Å². The molecule has 1 aromatic carbocycles. The SMILES string of the molecule is CCNC1(C#N)CCC(Sc2cccc(OC)c2)C1. The van der Waals surface area contributed by atoms with Crippen molar-refractivity contribution >= 4 is 11.8 Å². The predicted molar refractivity (Wildman–Crippen MR) is 78.5 cm³/mol. The van der Waals surface area contributed by atoms with Gasteiger partial charge in [0.05, 0.1) is 13.2 Å². The van der Waals surface area contributed by atoms with Crippen LogP contribution in [0.3, 0.4) is 0 Å². The van der Waals surface area contributed by atoms with Crippen LogP contribution >= 0.6 is 11.8 Å². The molecule has 0 radical (unpaired) electrons. The van der Waals surface area contributed by atoms with Gasteiger partial charge in [0.25, 0.3) is 0 Å². The smallest absolute Gasteiger partial charge is 0.119 e. The number of hydrogen-bond acceptors (Lipinski definition) is 4. The molecule has 0 aliphatic heterocycles. The van der Waals surface area contributed by atoms with E-state index < -0.39 is 0 Å². The molecular weight excluding hydrogens is 256 g/mol. The summed E-state index contributed by atoms with van der Waals surface area (Å²) < 4.78 is 5.24. The number of nitrogens with zero attached hydrogens (tertiary/aromatic N) is 1. The maximum atomic E-state index is 9.37. The molecule has 2 unspecified atom stereocenters. The topological polar surface area (TPSA) is 45.0 Å². The summed E-state index contributed by atoms with van der Waals surface area (Å²) in [5.74, 6) is 0.890. The van der Waals surface area contributed by atoms with E-state index in [4.69, 9.17) is 4.74 Å². The first-order chi connectivity index (χ1) is 9.21. The van der Waals surface area contributed by atoms with E-state index in [0.29, 0.717) is 5.25 Å². The van der Waals surface area contributed by atoms with Gasteiger partial charge < -0.3 is 4.74 Å². The molecule has 1 N–H and O–H groups in total. The van der Waals surface area contributed by atoms with Gasteiger partial charge in [-0.15, -0.1) is 11.8 Å². The molecule has 1 aliphatic carbocycles. The number of nitriles is 1. The van der Waals surface area contributed by atoms with Crippen molar-refractivity contribution in [3.8, 4) is 11.8 Å². The molecule has 4 heteroatoms. The Balaban J connectivity index is 2.00. The van der Waals surface area contributed by atoms with Crippen molar-refractivity contribution in [2.24, 2.45) is 0 Å².